The van der Waals surface area contributed by atoms with Crippen molar-refractivity contribution in [1.29, 1.82) is 0 Å². The van der Waals surface area contributed by atoms with E-state index in [1.54, 1.807) is 12.1 Å². The summed E-state index contributed by atoms with van der Waals surface area (Å²) in [6, 6.07) is 10.4. The Morgan fingerprint density at radius 1 is 1.15 bits per heavy atom. The van der Waals surface area contributed by atoms with Gasteiger partial charge < -0.3 is 5.32 Å². The molecule has 144 valence electrons. The molecule has 0 spiro atoms. The number of halogens is 2. The summed E-state index contributed by atoms with van der Waals surface area (Å²) in [6.45, 7) is 1.23. The average molecular weight is 411 g/mol. The Labute approximate surface area is 163 Å². The number of carbonyl (C=O) groups is 1. The second-order valence-corrected chi connectivity index (χ2v) is 8.71. The minimum Gasteiger partial charge on any atom is -0.352 e. The number of nitrogens with zero attached hydrogens (tertiary/aromatic N) is 1. The molecule has 0 saturated carbocycles. The van der Waals surface area contributed by atoms with Crippen LogP contribution >= 0.6 is 11.6 Å². The van der Waals surface area contributed by atoms with Crippen molar-refractivity contribution in [3.05, 3.63) is 64.4 Å². The number of nitrogens with one attached hydrogen (secondary N) is 1. The molecule has 1 aliphatic rings. The Morgan fingerprint density at radius 2 is 1.89 bits per heavy atom. The van der Waals surface area contributed by atoms with Gasteiger partial charge in [0.25, 0.3) is 5.91 Å². The zero-order valence-electron chi connectivity index (χ0n) is 14.6. The number of carbonyl (C=O) groups excluding carboxylic acids is 1. The molecule has 1 aliphatic heterocycles. The van der Waals surface area contributed by atoms with Gasteiger partial charge in [-0.05, 0) is 55.2 Å². The van der Waals surface area contributed by atoms with Gasteiger partial charge in [0.2, 0.25) is 10.0 Å². The molecular weight excluding hydrogens is 391 g/mol. The smallest absolute Gasteiger partial charge is 0.251 e. The lowest BCUT2D eigenvalue weighted by Crippen LogP contribution is -2.29. The fraction of sp³-hybridized carbons (Fsp3) is 0.316. The average Bonchev–Trinajstić information content (AvgIpc) is 3.17. The number of hydrogen-bond donors (Lipinski definition) is 1. The minimum atomic E-state index is -3.71. The topological polar surface area (TPSA) is 66.5 Å². The quantitative estimate of drug-likeness (QED) is 0.795. The molecular formula is C19H20ClFN2O3S. The number of hydrogen-bond acceptors (Lipinski definition) is 3. The number of benzene rings is 2. The Kier molecular flexibility index (Phi) is 6.14. The second-order valence-electron chi connectivity index (χ2n) is 6.39. The van der Waals surface area contributed by atoms with Crippen LogP contribution in [0.2, 0.25) is 5.02 Å². The summed E-state index contributed by atoms with van der Waals surface area (Å²) in [5.74, 6) is -0.728. The highest BCUT2D eigenvalue weighted by molar-refractivity contribution is 7.89. The molecule has 0 aromatic heterocycles. The van der Waals surface area contributed by atoms with Gasteiger partial charge in [0, 0.05) is 25.2 Å². The van der Waals surface area contributed by atoms with E-state index in [-0.39, 0.29) is 21.3 Å². The van der Waals surface area contributed by atoms with Crippen molar-refractivity contribution in [1.82, 2.24) is 9.62 Å². The zero-order chi connectivity index (χ0) is 19.4. The SMILES string of the molecule is O=C(NCCc1cccc(F)c1)c1ccc(Cl)c(S(=O)(=O)N2CCCC2)c1. The van der Waals surface area contributed by atoms with Crippen LogP contribution in [-0.4, -0.2) is 38.3 Å². The predicted octanol–water partition coefficient (Wildman–Crippen LogP) is 3.24. The lowest BCUT2D eigenvalue weighted by molar-refractivity contribution is 0.0954. The van der Waals surface area contributed by atoms with Crippen LogP contribution in [0.15, 0.2) is 47.4 Å². The van der Waals surface area contributed by atoms with E-state index < -0.39 is 15.9 Å². The summed E-state index contributed by atoms with van der Waals surface area (Å²) >= 11 is 6.09. The Balaban J connectivity index is 1.70. The standard InChI is InChI=1S/C19H20ClFN2O3S/c20-17-7-6-15(13-18(17)27(25,26)23-10-1-2-11-23)19(24)22-9-8-14-4-3-5-16(21)12-14/h3-7,12-13H,1-2,8-11H2,(H,22,24). The van der Waals surface area contributed by atoms with Crippen LogP contribution < -0.4 is 5.32 Å². The van der Waals surface area contributed by atoms with Gasteiger partial charge in [-0.15, -0.1) is 0 Å². The van der Waals surface area contributed by atoms with Gasteiger partial charge in [0.1, 0.15) is 10.7 Å². The van der Waals surface area contributed by atoms with Crippen molar-refractivity contribution < 1.29 is 17.6 Å². The summed E-state index contributed by atoms with van der Waals surface area (Å²) in [4.78, 5) is 12.3. The van der Waals surface area contributed by atoms with Crippen LogP contribution in [0.5, 0.6) is 0 Å². The summed E-state index contributed by atoms with van der Waals surface area (Å²) in [5, 5.41) is 2.82. The highest BCUT2D eigenvalue weighted by Gasteiger charge is 2.29. The van der Waals surface area contributed by atoms with Crippen molar-refractivity contribution in [3.8, 4) is 0 Å². The maximum Gasteiger partial charge on any atom is 0.251 e. The van der Waals surface area contributed by atoms with E-state index in [2.05, 4.69) is 5.32 Å². The van der Waals surface area contributed by atoms with Crippen molar-refractivity contribution in [2.24, 2.45) is 0 Å². The zero-order valence-corrected chi connectivity index (χ0v) is 16.2. The van der Waals surface area contributed by atoms with E-state index in [4.69, 9.17) is 11.6 Å². The molecule has 8 heteroatoms. The van der Waals surface area contributed by atoms with Crippen LogP contribution in [0.4, 0.5) is 4.39 Å². The maximum absolute atomic E-state index is 13.2. The highest BCUT2D eigenvalue weighted by atomic mass is 35.5. The third kappa shape index (κ3) is 4.66. The monoisotopic (exact) mass is 410 g/mol. The number of amides is 1. The highest BCUT2D eigenvalue weighted by Crippen LogP contribution is 2.28. The van der Waals surface area contributed by atoms with E-state index in [9.17, 15) is 17.6 Å². The number of rotatable bonds is 6. The van der Waals surface area contributed by atoms with E-state index in [0.29, 0.717) is 26.1 Å². The Hall–Kier alpha value is -1.96. The molecule has 0 radical (unpaired) electrons. The molecule has 1 heterocycles. The summed E-state index contributed by atoms with van der Waals surface area (Å²) in [5.41, 5.74) is 0.986. The molecule has 2 aromatic carbocycles. The molecule has 1 fully saturated rings. The molecule has 2 aromatic rings. The molecule has 1 amide bonds. The fourth-order valence-corrected chi connectivity index (χ4v) is 5.04. The first kappa shape index (κ1) is 19.8. The molecule has 0 unspecified atom stereocenters. The predicted molar refractivity (Wildman–Crippen MR) is 102 cm³/mol. The second kappa shape index (κ2) is 8.37. The van der Waals surface area contributed by atoms with E-state index in [0.717, 1.165) is 18.4 Å². The van der Waals surface area contributed by atoms with Crippen molar-refractivity contribution in [2.75, 3.05) is 19.6 Å². The van der Waals surface area contributed by atoms with E-state index >= 15 is 0 Å². The van der Waals surface area contributed by atoms with Crippen molar-refractivity contribution >= 4 is 27.5 Å². The van der Waals surface area contributed by atoms with E-state index in [1.165, 1.54) is 34.6 Å². The molecule has 27 heavy (non-hydrogen) atoms. The molecule has 5 nitrogen and oxygen atoms in total. The van der Waals surface area contributed by atoms with Crippen molar-refractivity contribution in [3.63, 3.8) is 0 Å². The molecule has 0 bridgehead atoms. The first-order chi connectivity index (χ1) is 12.9. The lowest BCUT2D eigenvalue weighted by atomic mass is 10.1. The van der Waals surface area contributed by atoms with Gasteiger partial charge in [-0.25, -0.2) is 12.8 Å². The normalized spacial score (nSPS) is 15.0. The Bertz CT molecular complexity index is 944. The minimum absolute atomic E-state index is 0.0520. The third-order valence-electron chi connectivity index (χ3n) is 4.46. The van der Waals surface area contributed by atoms with Crippen LogP contribution in [-0.2, 0) is 16.4 Å². The molecule has 0 aliphatic carbocycles. The largest absolute Gasteiger partial charge is 0.352 e. The first-order valence-corrected chi connectivity index (χ1v) is 10.5. The van der Waals surface area contributed by atoms with Crippen LogP contribution in [0.1, 0.15) is 28.8 Å². The third-order valence-corrected chi connectivity index (χ3v) is 6.84. The summed E-state index contributed by atoms with van der Waals surface area (Å²) in [7, 11) is -3.71. The van der Waals surface area contributed by atoms with Gasteiger partial charge in [-0.3, -0.25) is 4.79 Å². The maximum atomic E-state index is 13.2. The number of sulfonamides is 1. The first-order valence-electron chi connectivity index (χ1n) is 8.70. The van der Waals surface area contributed by atoms with Crippen LogP contribution in [0.3, 0.4) is 0 Å². The molecule has 1 N–H and O–H groups in total. The Morgan fingerprint density at radius 3 is 2.59 bits per heavy atom. The van der Waals surface area contributed by atoms with Gasteiger partial charge in [-0.2, -0.15) is 4.31 Å². The van der Waals surface area contributed by atoms with Crippen LogP contribution in [0, 0.1) is 5.82 Å². The molecule has 1 saturated heterocycles. The van der Waals surface area contributed by atoms with Gasteiger partial charge >= 0.3 is 0 Å². The van der Waals surface area contributed by atoms with Gasteiger partial charge in [0.05, 0.1) is 5.02 Å². The lowest BCUT2D eigenvalue weighted by Gasteiger charge is -2.17. The summed E-state index contributed by atoms with van der Waals surface area (Å²) in [6.07, 6.45) is 2.10. The van der Waals surface area contributed by atoms with Crippen molar-refractivity contribution in [2.45, 2.75) is 24.2 Å². The molecule has 0 atom stereocenters. The van der Waals surface area contributed by atoms with Gasteiger partial charge in [-0.1, -0.05) is 23.7 Å². The van der Waals surface area contributed by atoms with Gasteiger partial charge in [0.15, 0.2) is 0 Å². The van der Waals surface area contributed by atoms with E-state index in [1.807, 2.05) is 0 Å². The molecule has 3 rings (SSSR count). The summed E-state index contributed by atoms with van der Waals surface area (Å²) < 4.78 is 40.0. The van der Waals surface area contributed by atoms with Crippen LogP contribution in [0.25, 0.3) is 0 Å². The fourth-order valence-electron chi connectivity index (χ4n) is 3.02.